The number of ether oxygens (including phenoxy) is 1. The highest BCUT2D eigenvalue weighted by Gasteiger charge is 2.23. The third-order valence-corrected chi connectivity index (χ3v) is 5.63. The molecule has 0 saturated carbocycles. The normalized spacial score (nSPS) is 10.9. The molecule has 9 nitrogen and oxygen atoms in total. The van der Waals surface area contributed by atoms with Gasteiger partial charge in [0.15, 0.2) is 5.13 Å². The SMILES string of the molecule is CCOc1cccc2sc(N(CCn3cccn3)C(=O)c3ccc([N+](=O)[O-])cc3)nc12. The van der Waals surface area contributed by atoms with Crippen LogP contribution in [-0.2, 0) is 6.54 Å². The lowest BCUT2D eigenvalue weighted by Crippen LogP contribution is -2.34. The second-order valence-corrected chi connectivity index (χ2v) is 7.57. The second-order valence-electron chi connectivity index (χ2n) is 6.56. The van der Waals surface area contributed by atoms with E-state index in [2.05, 4.69) is 10.1 Å². The fourth-order valence-corrected chi connectivity index (χ4v) is 4.11. The van der Waals surface area contributed by atoms with E-state index in [1.54, 1.807) is 15.8 Å². The van der Waals surface area contributed by atoms with Gasteiger partial charge in [-0.3, -0.25) is 24.5 Å². The number of non-ortho nitro benzene ring substituents is 1. The quantitative estimate of drug-likeness (QED) is 0.303. The first-order valence-corrected chi connectivity index (χ1v) is 10.4. The molecule has 0 N–H and O–H groups in total. The minimum Gasteiger partial charge on any atom is -0.492 e. The van der Waals surface area contributed by atoms with Gasteiger partial charge in [0.25, 0.3) is 11.6 Å². The van der Waals surface area contributed by atoms with Crippen LogP contribution >= 0.6 is 11.3 Å². The van der Waals surface area contributed by atoms with Crippen LogP contribution in [0.5, 0.6) is 5.75 Å². The summed E-state index contributed by atoms with van der Waals surface area (Å²) in [6.45, 7) is 3.22. The fourth-order valence-electron chi connectivity index (χ4n) is 3.10. The van der Waals surface area contributed by atoms with Crippen LogP contribution in [0.15, 0.2) is 60.9 Å². The van der Waals surface area contributed by atoms with Crippen LogP contribution in [0.4, 0.5) is 10.8 Å². The molecule has 1 amide bonds. The number of aromatic nitrogens is 3. The summed E-state index contributed by atoms with van der Waals surface area (Å²) >= 11 is 1.39. The Morgan fingerprint density at radius 1 is 1.23 bits per heavy atom. The van der Waals surface area contributed by atoms with Gasteiger partial charge < -0.3 is 4.74 Å². The molecule has 0 radical (unpaired) electrons. The van der Waals surface area contributed by atoms with Crippen LogP contribution < -0.4 is 9.64 Å². The lowest BCUT2D eigenvalue weighted by molar-refractivity contribution is -0.384. The number of nitro benzene ring substituents is 1. The van der Waals surface area contributed by atoms with Crippen molar-refractivity contribution in [1.82, 2.24) is 14.8 Å². The van der Waals surface area contributed by atoms with Gasteiger partial charge in [-0.2, -0.15) is 5.10 Å². The van der Waals surface area contributed by atoms with E-state index in [0.717, 1.165) is 4.70 Å². The molecule has 4 aromatic rings. The van der Waals surface area contributed by atoms with E-state index in [0.29, 0.717) is 41.7 Å². The van der Waals surface area contributed by atoms with Gasteiger partial charge in [0.1, 0.15) is 11.3 Å². The molecule has 2 heterocycles. The van der Waals surface area contributed by atoms with Crippen LogP contribution in [0, 0.1) is 10.1 Å². The first-order chi connectivity index (χ1) is 15.1. The standard InChI is InChI=1S/C21H19N5O4S/c1-2-30-17-5-3-6-18-19(17)23-21(31-18)25(14-13-24-12-4-11-22-24)20(27)15-7-9-16(10-8-15)26(28)29/h3-12H,2,13-14H2,1H3. The van der Waals surface area contributed by atoms with Gasteiger partial charge >= 0.3 is 0 Å². The molecule has 0 atom stereocenters. The molecule has 0 spiro atoms. The predicted molar refractivity (Wildman–Crippen MR) is 118 cm³/mol. The molecule has 0 unspecified atom stereocenters. The molecule has 2 aromatic carbocycles. The lowest BCUT2D eigenvalue weighted by atomic mass is 10.2. The van der Waals surface area contributed by atoms with E-state index in [1.165, 1.54) is 35.6 Å². The van der Waals surface area contributed by atoms with Crippen molar-refractivity contribution in [2.24, 2.45) is 0 Å². The zero-order chi connectivity index (χ0) is 21.8. The minimum absolute atomic E-state index is 0.0685. The monoisotopic (exact) mass is 437 g/mol. The molecule has 2 aromatic heterocycles. The van der Waals surface area contributed by atoms with Crippen molar-refractivity contribution in [2.75, 3.05) is 18.1 Å². The first-order valence-electron chi connectivity index (χ1n) is 9.63. The summed E-state index contributed by atoms with van der Waals surface area (Å²) in [4.78, 5) is 30.0. The number of fused-ring (bicyclic) bond motifs is 1. The number of amides is 1. The van der Waals surface area contributed by atoms with Crippen LogP contribution in [0.3, 0.4) is 0 Å². The van der Waals surface area contributed by atoms with Crippen LogP contribution in [0.1, 0.15) is 17.3 Å². The summed E-state index contributed by atoms with van der Waals surface area (Å²) in [5.41, 5.74) is 0.973. The van der Waals surface area contributed by atoms with Crippen molar-refractivity contribution in [2.45, 2.75) is 13.5 Å². The van der Waals surface area contributed by atoms with Crippen molar-refractivity contribution >= 4 is 38.3 Å². The maximum absolute atomic E-state index is 13.3. The zero-order valence-electron chi connectivity index (χ0n) is 16.7. The molecule has 0 fully saturated rings. The van der Waals surface area contributed by atoms with Gasteiger partial charge in [-0.25, -0.2) is 4.98 Å². The molecule has 0 aliphatic rings. The number of hydrogen-bond donors (Lipinski definition) is 0. The highest BCUT2D eigenvalue weighted by molar-refractivity contribution is 7.22. The molecule has 0 aliphatic carbocycles. The summed E-state index contributed by atoms with van der Waals surface area (Å²) in [5.74, 6) is 0.372. The van der Waals surface area contributed by atoms with E-state index in [9.17, 15) is 14.9 Å². The average molecular weight is 437 g/mol. The van der Waals surface area contributed by atoms with E-state index < -0.39 is 4.92 Å². The Kier molecular flexibility index (Phi) is 5.89. The van der Waals surface area contributed by atoms with Crippen molar-refractivity contribution in [3.8, 4) is 5.75 Å². The summed E-state index contributed by atoms with van der Waals surface area (Å²) in [6, 6.07) is 13.0. The molecule has 0 aliphatic heterocycles. The van der Waals surface area contributed by atoms with E-state index in [-0.39, 0.29) is 11.6 Å². The number of nitrogens with zero attached hydrogens (tertiary/aromatic N) is 5. The van der Waals surface area contributed by atoms with E-state index >= 15 is 0 Å². The third-order valence-electron chi connectivity index (χ3n) is 4.58. The average Bonchev–Trinajstić information content (AvgIpc) is 3.44. The number of benzene rings is 2. The van der Waals surface area contributed by atoms with Gasteiger partial charge in [0.2, 0.25) is 0 Å². The van der Waals surface area contributed by atoms with Crippen molar-refractivity contribution in [3.63, 3.8) is 0 Å². The number of rotatable bonds is 8. The smallest absolute Gasteiger partial charge is 0.269 e. The van der Waals surface area contributed by atoms with Gasteiger partial charge in [-0.05, 0) is 37.3 Å². The largest absolute Gasteiger partial charge is 0.492 e. The summed E-state index contributed by atoms with van der Waals surface area (Å²) in [7, 11) is 0. The van der Waals surface area contributed by atoms with E-state index in [1.807, 2.05) is 37.4 Å². The summed E-state index contributed by atoms with van der Waals surface area (Å²) < 4.78 is 8.31. The van der Waals surface area contributed by atoms with E-state index in [4.69, 9.17) is 4.74 Å². The third kappa shape index (κ3) is 4.38. The lowest BCUT2D eigenvalue weighted by Gasteiger charge is -2.20. The number of anilines is 1. The molecule has 10 heteroatoms. The molecular weight excluding hydrogens is 418 g/mol. The zero-order valence-corrected chi connectivity index (χ0v) is 17.5. The predicted octanol–water partition coefficient (Wildman–Crippen LogP) is 4.15. The number of carbonyl (C=O) groups excluding carboxylic acids is 1. The highest BCUT2D eigenvalue weighted by atomic mass is 32.1. The summed E-state index contributed by atoms with van der Waals surface area (Å²) in [5, 5.41) is 15.7. The topological polar surface area (TPSA) is 103 Å². The van der Waals surface area contributed by atoms with Crippen molar-refractivity contribution in [1.29, 1.82) is 0 Å². The number of carbonyl (C=O) groups is 1. The molecule has 0 saturated heterocycles. The second kappa shape index (κ2) is 8.92. The Hall–Kier alpha value is -3.79. The number of para-hydroxylation sites is 1. The Morgan fingerprint density at radius 2 is 2.03 bits per heavy atom. The first kappa shape index (κ1) is 20.5. The number of nitro groups is 1. The van der Waals surface area contributed by atoms with Gasteiger partial charge in [-0.1, -0.05) is 17.4 Å². The van der Waals surface area contributed by atoms with Crippen LogP contribution in [0.25, 0.3) is 10.2 Å². The molecular formula is C21H19N5O4S. The number of hydrogen-bond acceptors (Lipinski definition) is 7. The van der Waals surface area contributed by atoms with Crippen molar-refractivity contribution in [3.05, 3.63) is 76.6 Å². The molecule has 4 rings (SSSR count). The van der Waals surface area contributed by atoms with Gasteiger partial charge in [0.05, 0.1) is 22.8 Å². The van der Waals surface area contributed by atoms with Gasteiger partial charge in [0, 0.05) is 36.6 Å². The highest BCUT2D eigenvalue weighted by Crippen LogP contribution is 2.35. The van der Waals surface area contributed by atoms with Crippen LogP contribution in [0.2, 0.25) is 0 Å². The molecule has 0 bridgehead atoms. The van der Waals surface area contributed by atoms with Gasteiger partial charge in [-0.15, -0.1) is 0 Å². The maximum atomic E-state index is 13.3. The molecule has 158 valence electrons. The molecule has 31 heavy (non-hydrogen) atoms. The Bertz CT molecular complexity index is 1200. The minimum atomic E-state index is -0.494. The Labute approximate surface area is 181 Å². The summed E-state index contributed by atoms with van der Waals surface area (Å²) in [6.07, 6.45) is 3.49. The van der Waals surface area contributed by atoms with Crippen LogP contribution in [-0.4, -0.2) is 38.7 Å². The fraction of sp³-hybridized carbons (Fsp3) is 0.190. The van der Waals surface area contributed by atoms with Crippen molar-refractivity contribution < 1.29 is 14.5 Å². The number of thiazole rings is 1. The Morgan fingerprint density at radius 3 is 2.71 bits per heavy atom. The Balaban J connectivity index is 1.70. The maximum Gasteiger partial charge on any atom is 0.269 e.